The summed E-state index contributed by atoms with van der Waals surface area (Å²) in [4.78, 5) is 15.1. The molecule has 0 radical (unpaired) electrons. The fraction of sp³-hybridized carbons (Fsp3) is 0.333. The Labute approximate surface area is 98.7 Å². The van der Waals surface area contributed by atoms with E-state index in [0.717, 1.165) is 6.42 Å². The number of aryl methyl sites for hydroxylation is 1. The van der Waals surface area contributed by atoms with Gasteiger partial charge in [0, 0.05) is 6.20 Å². The number of aromatic carboxylic acids is 1. The second-order valence-corrected chi connectivity index (χ2v) is 3.77. The van der Waals surface area contributed by atoms with Crippen LogP contribution in [-0.2, 0) is 0 Å². The van der Waals surface area contributed by atoms with Gasteiger partial charge in [0.1, 0.15) is 0 Å². The molecular formula is C12H14N2O3. The lowest BCUT2D eigenvalue weighted by atomic mass is 10.3. The Bertz CT molecular complexity index is 560. The van der Waals surface area contributed by atoms with Crippen LogP contribution in [0.5, 0.6) is 5.75 Å². The van der Waals surface area contributed by atoms with Gasteiger partial charge < -0.3 is 14.2 Å². The van der Waals surface area contributed by atoms with Gasteiger partial charge in [-0.15, -0.1) is 0 Å². The van der Waals surface area contributed by atoms with Gasteiger partial charge >= 0.3 is 5.97 Å². The average molecular weight is 234 g/mol. The summed E-state index contributed by atoms with van der Waals surface area (Å²) in [7, 11) is 0. The van der Waals surface area contributed by atoms with Gasteiger partial charge in [-0.05, 0) is 25.5 Å². The van der Waals surface area contributed by atoms with Crippen molar-refractivity contribution >= 4 is 11.6 Å². The first kappa shape index (κ1) is 11.4. The van der Waals surface area contributed by atoms with Crippen LogP contribution in [-0.4, -0.2) is 27.1 Å². The van der Waals surface area contributed by atoms with Gasteiger partial charge in [-0.1, -0.05) is 6.92 Å². The molecule has 0 atom stereocenters. The Morgan fingerprint density at radius 3 is 3.00 bits per heavy atom. The van der Waals surface area contributed by atoms with E-state index in [1.165, 1.54) is 0 Å². The van der Waals surface area contributed by atoms with Crippen LogP contribution < -0.4 is 4.74 Å². The fourth-order valence-corrected chi connectivity index (χ4v) is 1.69. The second-order valence-electron chi connectivity index (χ2n) is 3.77. The summed E-state index contributed by atoms with van der Waals surface area (Å²) in [5.41, 5.74) is 1.22. The normalized spacial score (nSPS) is 10.7. The largest absolute Gasteiger partial charge is 0.490 e. The third-order valence-electron chi connectivity index (χ3n) is 2.52. The summed E-state index contributed by atoms with van der Waals surface area (Å²) in [6.07, 6.45) is 2.68. The number of pyridine rings is 1. The number of imidazole rings is 1. The number of fused-ring (bicyclic) bond motifs is 1. The van der Waals surface area contributed by atoms with E-state index in [4.69, 9.17) is 9.84 Å². The SMILES string of the molecule is CCCOc1cccn2c(C)c(C(=O)O)nc12. The molecule has 5 nitrogen and oxygen atoms in total. The number of hydrogen-bond donors (Lipinski definition) is 1. The maximum absolute atomic E-state index is 11.0. The Morgan fingerprint density at radius 2 is 2.35 bits per heavy atom. The van der Waals surface area contributed by atoms with E-state index in [9.17, 15) is 4.79 Å². The molecule has 2 aromatic heterocycles. The van der Waals surface area contributed by atoms with Crippen LogP contribution in [0.4, 0.5) is 0 Å². The van der Waals surface area contributed by atoms with Crippen LogP contribution >= 0.6 is 0 Å². The zero-order chi connectivity index (χ0) is 12.4. The minimum absolute atomic E-state index is 0.0672. The zero-order valence-corrected chi connectivity index (χ0v) is 9.80. The summed E-state index contributed by atoms with van der Waals surface area (Å²) in [5.74, 6) is -0.405. The zero-order valence-electron chi connectivity index (χ0n) is 9.80. The van der Waals surface area contributed by atoms with Crippen molar-refractivity contribution in [1.82, 2.24) is 9.38 Å². The van der Waals surface area contributed by atoms with Crippen LogP contribution in [0.3, 0.4) is 0 Å². The van der Waals surface area contributed by atoms with Crippen molar-refractivity contribution < 1.29 is 14.6 Å². The van der Waals surface area contributed by atoms with E-state index >= 15 is 0 Å². The van der Waals surface area contributed by atoms with Gasteiger partial charge in [-0.2, -0.15) is 0 Å². The Balaban J connectivity index is 2.56. The van der Waals surface area contributed by atoms with Gasteiger partial charge in [-0.3, -0.25) is 0 Å². The van der Waals surface area contributed by atoms with Crippen LogP contribution in [0.1, 0.15) is 29.5 Å². The summed E-state index contributed by atoms with van der Waals surface area (Å²) < 4.78 is 7.27. The van der Waals surface area contributed by atoms with Crippen LogP contribution in [0.2, 0.25) is 0 Å². The molecule has 2 aromatic rings. The highest BCUT2D eigenvalue weighted by molar-refractivity contribution is 5.88. The molecule has 0 fully saturated rings. The third-order valence-corrected chi connectivity index (χ3v) is 2.52. The van der Waals surface area contributed by atoms with Crippen molar-refractivity contribution in [3.05, 3.63) is 29.7 Å². The highest BCUT2D eigenvalue weighted by atomic mass is 16.5. The standard InChI is InChI=1S/C12H14N2O3/c1-3-7-17-9-5-4-6-14-8(2)10(12(15)16)13-11(9)14/h4-6H,3,7H2,1-2H3,(H,15,16). The first-order valence-corrected chi connectivity index (χ1v) is 5.49. The number of aromatic nitrogens is 2. The minimum atomic E-state index is -1.02. The molecule has 0 amide bonds. The summed E-state index contributed by atoms with van der Waals surface area (Å²) in [6.45, 7) is 4.33. The molecule has 0 unspecified atom stereocenters. The minimum Gasteiger partial charge on any atom is -0.490 e. The number of hydrogen-bond acceptors (Lipinski definition) is 3. The van der Waals surface area contributed by atoms with Gasteiger partial charge in [0.15, 0.2) is 17.1 Å². The van der Waals surface area contributed by atoms with E-state index in [1.54, 1.807) is 23.6 Å². The molecule has 0 aliphatic carbocycles. The smallest absolute Gasteiger partial charge is 0.356 e. The average Bonchev–Trinajstić information content (AvgIpc) is 2.65. The highest BCUT2D eigenvalue weighted by Crippen LogP contribution is 2.21. The molecule has 0 bridgehead atoms. The number of carbonyl (C=O) groups is 1. The predicted molar refractivity (Wildman–Crippen MR) is 62.7 cm³/mol. The maximum atomic E-state index is 11.0. The van der Waals surface area contributed by atoms with E-state index in [0.29, 0.717) is 23.7 Å². The van der Waals surface area contributed by atoms with Crippen molar-refractivity contribution in [3.63, 3.8) is 0 Å². The van der Waals surface area contributed by atoms with Crippen LogP contribution in [0.15, 0.2) is 18.3 Å². The molecule has 0 aromatic carbocycles. The Morgan fingerprint density at radius 1 is 1.59 bits per heavy atom. The number of carboxylic acids is 1. The van der Waals surface area contributed by atoms with Gasteiger partial charge in [0.25, 0.3) is 0 Å². The van der Waals surface area contributed by atoms with Gasteiger partial charge in [-0.25, -0.2) is 9.78 Å². The molecule has 0 aliphatic rings. The monoisotopic (exact) mass is 234 g/mol. The van der Waals surface area contributed by atoms with Crippen molar-refractivity contribution in [3.8, 4) is 5.75 Å². The molecule has 0 saturated heterocycles. The van der Waals surface area contributed by atoms with E-state index in [-0.39, 0.29) is 5.69 Å². The number of rotatable bonds is 4. The Hall–Kier alpha value is -2.04. The lowest BCUT2D eigenvalue weighted by Crippen LogP contribution is -1.99. The molecule has 2 rings (SSSR count). The van der Waals surface area contributed by atoms with Crippen molar-refractivity contribution in [1.29, 1.82) is 0 Å². The summed E-state index contributed by atoms with van der Waals surface area (Å²) in [6, 6.07) is 3.61. The van der Waals surface area contributed by atoms with E-state index < -0.39 is 5.97 Å². The Kier molecular flexibility index (Phi) is 2.99. The third kappa shape index (κ3) is 1.95. The van der Waals surface area contributed by atoms with Crippen molar-refractivity contribution in [2.75, 3.05) is 6.61 Å². The summed E-state index contributed by atoms with van der Waals surface area (Å²) in [5, 5.41) is 9.02. The maximum Gasteiger partial charge on any atom is 0.356 e. The summed E-state index contributed by atoms with van der Waals surface area (Å²) >= 11 is 0. The molecule has 0 saturated carbocycles. The number of ether oxygens (including phenoxy) is 1. The van der Waals surface area contributed by atoms with E-state index in [2.05, 4.69) is 4.98 Å². The molecule has 17 heavy (non-hydrogen) atoms. The topological polar surface area (TPSA) is 63.8 Å². The van der Waals surface area contributed by atoms with E-state index in [1.807, 2.05) is 13.0 Å². The van der Waals surface area contributed by atoms with Crippen LogP contribution in [0.25, 0.3) is 5.65 Å². The fourth-order valence-electron chi connectivity index (χ4n) is 1.69. The van der Waals surface area contributed by atoms with Gasteiger partial charge in [0.2, 0.25) is 0 Å². The lowest BCUT2D eigenvalue weighted by Gasteiger charge is -2.05. The highest BCUT2D eigenvalue weighted by Gasteiger charge is 2.16. The molecule has 5 heteroatoms. The van der Waals surface area contributed by atoms with Crippen molar-refractivity contribution in [2.45, 2.75) is 20.3 Å². The van der Waals surface area contributed by atoms with Crippen molar-refractivity contribution in [2.24, 2.45) is 0 Å². The second kappa shape index (κ2) is 4.45. The molecular weight excluding hydrogens is 220 g/mol. The molecule has 2 heterocycles. The molecule has 0 spiro atoms. The lowest BCUT2D eigenvalue weighted by molar-refractivity contribution is 0.0690. The first-order valence-electron chi connectivity index (χ1n) is 5.49. The molecule has 0 aliphatic heterocycles. The molecule has 90 valence electrons. The van der Waals surface area contributed by atoms with Crippen LogP contribution in [0, 0.1) is 6.92 Å². The molecule has 1 N–H and O–H groups in total. The quantitative estimate of drug-likeness (QED) is 0.880. The predicted octanol–water partition coefficient (Wildman–Crippen LogP) is 2.13. The first-order chi connectivity index (χ1) is 8.15. The number of nitrogens with zero attached hydrogens (tertiary/aromatic N) is 2. The van der Waals surface area contributed by atoms with Gasteiger partial charge in [0.05, 0.1) is 12.3 Å². The number of carboxylic acid groups (broad SMARTS) is 1.